The lowest BCUT2D eigenvalue weighted by Crippen LogP contribution is -2.37. The van der Waals surface area contributed by atoms with Gasteiger partial charge in [-0.15, -0.1) is 0 Å². The van der Waals surface area contributed by atoms with Gasteiger partial charge in [0, 0.05) is 31.0 Å². The van der Waals surface area contributed by atoms with Gasteiger partial charge in [-0.1, -0.05) is 18.1 Å². The minimum atomic E-state index is -3.11. The third-order valence-corrected chi connectivity index (χ3v) is 5.87. The first-order valence-corrected chi connectivity index (χ1v) is 10.4. The maximum Gasteiger partial charge on any atom is 0.270 e. The van der Waals surface area contributed by atoms with Gasteiger partial charge in [-0.25, -0.2) is 22.7 Å². The number of nitrogens with zero attached hydrogens (tertiary/aromatic N) is 3. The van der Waals surface area contributed by atoms with E-state index in [0.717, 1.165) is 18.4 Å². The lowest BCUT2D eigenvalue weighted by atomic mass is 9.90. The van der Waals surface area contributed by atoms with E-state index in [1.807, 2.05) is 24.3 Å². The minimum Gasteiger partial charge on any atom is -0.364 e. The first-order valence-electron chi connectivity index (χ1n) is 8.52. The Bertz CT molecular complexity index is 999. The summed E-state index contributed by atoms with van der Waals surface area (Å²) in [6.45, 7) is 1.10. The number of aromatic nitrogens is 2. The SMILES string of the molecule is CS(=O)(=O)N1CCC(c2ccc(C#Cc3nccnc3C(N)=O)cc2)CC1. The predicted molar refractivity (Wildman–Crippen MR) is 101 cm³/mol. The molecule has 0 atom stereocenters. The van der Waals surface area contributed by atoms with E-state index in [9.17, 15) is 13.2 Å². The summed E-state index contributed by atoms with van der Waals surface area (Å²) in [6.07, 6.45) is 5.72. The normalized spacial score (nSPS) is 15.7. The number of rotatable bonds is 3. The van der Waals surface area contributed by atoms with Crippen LogP contribution in [0.1, 0.15) is 46.1 Å². The van der Waals surface area contributed by atoms with Gasteiger partial charge in [-0.2, -0.15) is 0 Å². The highest BCUT2D eigenvalue weighted by atomic mass is 32.2. The second kappa shape index (κ2) is 7.86. The van der Waals surface area contributed by atoms with Crippen molar-refractivity contribution in [1.29, 1.82) is 0 Å². The zero-order chi connectivity index (χ0) is 19.4. The molecule has 2 heterocycles. The summed E-state index contributed by atoms with van der Waals surface area (Å²) in [5, 5.41) is 0. The molecular weight excluding hydrogens is 364 g/mol. The molecule has 1 aromatic carbocycles. The van der Waals surface area contributed by atoms with Gasteiger partial charge in [0.2, 0.25) is 10.0 Å². The van der Waals surface area contributed by atoms with Crippen molar-refractivity contribution < 1.29 is 13.2 Å². The van der Waals surface area contributed by atoms with Crippen molar-refractivity contribution >= 4 is 15.9 Å². The molecule has 1 amide bonds. The van der Waals surface area contributed by atoms with E-state index in [2.05, 4.69) is 21.8 Å². The number of piperidine rings is 1. The van der Waals surface area contributed by atoms with Crippen molar-refractivity contribution in [2.45, 2.75) is 18.8 Å². The maximum absolute atomic E-state index is 11.6. The van der Waals surface area contributed by atoms with Crippen LogP contribution in [-0.2, 0) is 10.0 Å². The van der Waals surface area contributed by atoms with Gasteiger partial charge in [-0.05, 0) is 42.4 Å². The molecule has 1 aliphatic heterocycles. The third kappa shape index (κ3) is 4.70. The largest absolute Gasteiger partial charge is 0.364 e. The van der Waals surface area contributed by atoms with Crippen molar-refractivity contribution in [3.05, 3.63) is 59.2 Å². The Morgan fingerprint density at radius 3 is 2.33 bits per heavy atom. The Hall–Kier alpha value is -2.76. The molecule has 140 valence electrons. The quantitative estimate of drug-likeness (QED) is 0.798. The molecule has 27 heavy (non-hydrogen) atoms. The van der Waals surface area contributed by atoms with Crippen LogP contribution in [0.2, 0.25) is 0 Å². The first-order chi connectivity index (χ1) is 12.8. The number of benzene rings is 1. The van der Waals surface area contributed by atoms with E-state index in [1.165, 1.54) is 28.5 Å². The molecule has 1 saturated heterocycles. The highest BCUT2D eigenvalue weighted by Gasteiger charge is 2.25. The highest BCUT2D eigenvalue weighted by molar-refractivity contribution is 7.88. The fraction of sp³-hybridized carbons (Fsp3) is 0.316. The van der Waals surface area contributed by atoms with Gasteiger partial charge in [0.25, 0.3) is 5.91 Å². The average Bonchev–Trinajstić information content (AvgIpc) is 2.66. The predicted octanol–water partition coefficient (Wildman–Crippen LogP) is 1.11. The Morgan fingerprint density at radius 1 is 1.11 bits per heavy atom. The van der Waals surface area contributed by atoms with Crippen molar-refractivity contribution in [3.8, 4) is 11.8 Å². The number of hydrogen-bond donors (Lipinski definition) is 1. The molecule has 7 nitrogen and oxygen atoms in total. The van der Waals surface area contributed by atoms with Crippen molar-refractivity contribution in [3.63, 3.8) is 0 Å². The Morgan fingerprint density at radius 2 is 1.74 bits per heavy atom. The van der Waals surface area contributed by atoms with Crippen LogP contribution in [-0.4, -0.2) is 47.9 Å². The number of nitrogens with two attached hydrogens (primary N) is 1. The van der Waals surface area contributed by atoms with Crippen molar-refractivity contribution in [2.75, 3.05) is 19.3 Å². The van der Waals surface area contributed by atoms with E-state index in [4.69, 9.17) is 5.73 Å². The van der Waals surface area contributed by atoms with E-state index >= 15 is 0 Å². The molecule has 0 unspecified atom stereocenters. The Kier molecular flexibility index (Phi) is 5.54. The van der Waals surface area contributed by atoms with E-state index in [1.54, 1.807) is 0 Å². The zero-order valence-corrected chi connectivity index (χ0v) is 15.7. The van der Waals surface area contributed by atoms with E-state index in [0.29, 0.717) is 19.0 Å². The van der Waals surface area contributed by atoms with Crippen molar-refractivity contribution in [2.24, 2.45) is 5.73 Å². The monoisotopic (exact) mass is 384 g/mol. The molecule has 1 aromatic heterocycles. The van der Waals surface area contributed by atoms with Crippen LogP contribution >= 0.6 is 0 Å². The second-order valence-electron chi connectivity index (χ2n) is 6.43. The summed E-state index contributed by atoms with van der Waals surface area (Å²) in [7, 11) is -3.11. The van der Waals surface area contributed by atoms with Gasteiger partial charge in [0.05, 0.1) is 6.26 Å². The molecule has 1 fully saturated rings. The smallest absolute Gasteiger partial charge is 0.270 e. The maximum atomic E-state index is 11.6. The Balaban J connectivity index is 1.70. The summed E-state index contributed by atoms with van der Waals surface area (Å²) in [4.78, 5) is 19.3. The van der Waals surface area contributed by atoms with Crippen LogP contribution in [0, 0.1) is 11.8 Å². The Labute approximate surface area is 158 Å². The van der Waals surface area contributed by atoms with Crippen LogP contribution in [0.25, 0.3) is 0 Å². The molecule has 0 spiro atoms. The van der Waals surface area contributed by atoms with Gasteiger partial charge >= 0.3 is 0 Å². The molecule has 0 radical (unpaired) electrons. The summed E-state index contributed by atoms with van der Waals surface area (Å²) < 4.78 is 24.7. The van der Waals surface area contributed by atoms with E-state index < -0.39 is 15.9 Å². The zero-order valence-electron chi connectivity index (χ0n) is 14.9. The fourth-order valence-corrected chi connectivity index (χ4v) is 3.97. The van der Waals surface area contributed by atoms with Crippen LogP contribution in [0.5, 0.6) is 0 Å². The fourth-order valence-electron chi connectivity index (χ4n) is 3.10. The van der Waals surface area contributed by atoms with Crippen LogP contribution in [0.15, 0.2) is 36.7 Å². The number of hydrogen-bond acceptors (Lipinski definition) is 5. The summed E-state index contributed by atoms with van der Waals surface area (Å²) in [5.41, 5.74) is 7.54. The molecule has 1 aliphatic rings. The number of primary amides is 1. The molecule has 0 bridgehead atoms. The molecule has 0 aliphatic carbocycles. The number of carbonyl (C=O) groups excluding carboxylic acids is 1. The standard InChI is InChI=1S/C19H20N4O3S/c1-27(25,26)23-12-8-16(9-13-23)15-5-2-14(3-6-15)4-7-17-18(19(20)24)22-11-10-21-17/h2-3,5-6,10-11,16H,8-9,12-13H2,1H3,(H2,20,24). The van der Waals surface area contributed by atoms with Crippen LogP contribution in [0.4, 0.5) is 0 Å². The summed E-state index contributed by atoms with van der Waals surface area (Å²) in [5.74, 6) is 5.48. The van der Waals surface area contributed by atoms with Gasteiger partial charge in [0.1, 0.15) is 5.69 Å². The lowest BCUT2D eigenvalue weighted by molar-refractivity contribution is 0.0995. The second-order valence-corrected chi connectivity index (χ2v) is 8.41. The molecule has 3 rings (SSSR count). The first kappa shape index (κ1) is 19.0. The van der Waals surface area contributed by atoms with Crippen LogP contribution < -0.4 is 5.73 Å². The topological polar surface area (TPSA) is 106 Å². The molecular formula is C19H20N4O3S. The lowest BCUT2D eigenvalue weighted by Gasteiger charge is -2.30. The van der Waals surface area contributed by atoms with Gasteiger partial charge in [-0.3, -0.25) is 4.79 Å². The summed E-state index contributed by atoms with van der Waals surface area (Å²) in [6, 6.07) is 7.84. The number of amides is 1. The highest BCUT2D eigenvalue weighted by Crippen LogP contribution is 2.29. The summed E-state index contributed by atoms with van der Waals surface area (Å²) >= 11 is 0. The van der Waals surface area contributed by atoms with Crippen molar-refractivity contribution in [1.82, 2.24) is 14.3 Å². The number of sulfonamides is 1. The van der Waals surface area contributed by atoms with E-state index in [-0.39, 0.29) is 11.4 Å². The molecule has 2 aromatic rings. The third-order valence-electron chi connectivity index (χ3n) is 4.56. The molecule has 2 N–H and O–H groups in total. The van der Waals surface area contributed by atoms with Gasteiger partial charge < -0.3 is 5.73 Å². The average molecular weight is 384 g/mol. The molecule has 8 heteroatoms. The minimum absolute atomic E-state index is 0.0549. The molecule has 0 saturated carbocycles. The van der Waals surface area contributed by atoms with Gasteiger partial charge in [0.15, 0.2) is 5.69 Å². The number of carbonyl (C=O) groups is 1. The van der Waals surface area contributed by atoms with Crippen LogP contribution in [0.3, 0.4) is 0 Å².